The zero-order valence-electron chi connectivity index (χ0n) is 11.9. The first-order valence-corrected chi connectivity index (χ1v) is 6.85. The second kappa shape index (κ2) is 5.05. The largest absolute Gasteiger partial charge is 0.477 e. The summed E-state index contributed by atoms with van der Waals surface area (Å²) in [5, 5.41) is 9.25. The van der Waals surface area contributed by atoms with Crippen molar-refractivity contribution in [3.63, 3.8) is 0 Å². The van der Waals surface area contributed by atoms with Crippen LogP contribution in [-0.4, -0.2) is 30.6 Å². The van der Waals surface area contributed by atoms with Crippen LogP contribution in [0.1, 0.15) is 29.4 Å². The molecule has 2 heterocycles. The number of hydrogen-bond acceptors (Lipinski definition) is 3. The Labute approximate surface area is 121 Å². The first kappa shape index (κ1) is 13.4. The predicted octanol–water partition coefficient (Wildman–Crippen LogP) is 2.84. The second-order valence-electron chi connectivity index (χ2n) is 5.01. The Morgan fingerprint density at radius 2 is 2.24 bits per heavy atom. The maximum Gasteiger partial charge on any atom is 0.354 e. The van der Waals surface area contributed by atoms with Gasteiger partial charge in [-0.1, -0.05) is 13.0 Å². The summed E-state index contributed by atoms with van der Waals surface area (Å²) < 4.78 is 2.03. The second-order valence-corrected chi connectivity index (χ2v) is 5.01. The minimum Gasteiger partial charge on any atom is -0.477 e. The van der Waals surface area contributed by atoms with E-state index in [1.807, 2.05) is 29.7 Å². The zero-order valence-corrected chi connectivity index (χ0v) is 11.9. The molecular formula is C15H16N4O2. The highest BCUT2D eigenvalue weighted by Crippen LogP contribution is 2.26. The molecule has 21 heavy (non-hydrogen) atoms. The van der Waals surface area contributed by atoms with Crippen molar-refractivity contribution in [3.8, 4) is 11.5 Å². The van der Waals surface area contributed by atoms with Crippen LogP contribution in [0.5, 0.6) is 0 Å². The van der Waals surface area contributed by atoms with Gasteiger partial charge in [-0.25, -0.2) is 14.8 Å². The van der Waals surface area contributed by atoms with Gasteiger partial charge in [0.25, 0.3) is 0 Å². The van der Waals surface area contributed by atoms with Crippen LogP contribution in [0.25, 0.3) is 22.6 Å². The average molecular weight is 284 g/mol. The van der Waals surface area contributed by atoms with E-state index in [9.17, 15) is 9.90 Å². The maximum atomic E-state index is 11.3. The van der Waals surface area contributed by atoms with Crippen molar-refractivity contribution in [1.82, 2.24) is 19.5 Å². The van der Waals surface area contributed by atoms with Crippen LogP contribution in [-0.2, 0) is 6.54 Å². The molecule has 0 aliphatic carbocycles. The van der Waals surface area contributed by atoms with E-state index in [-0.39, 0.29) is 5.69 Å². The van der Waals surface area contributed by atoms with E-state index in [2.05, 4.69) is 21.9 Å². The number of nitrogens with one attached hydrogen (secondary N) is 1. The summed E-state index contributed by atoms with van der Waals surface area (Å²) in [5.41, 5.74) is 3.43. The smallest absolute Gasteiger partial charge is 0.354 e. The number of hydrogen-bond donors (Lipinski definition) is 2. The molecule has 0 bridgehead atoms. The van der Waals surface area contributed by atoms with Crippen molar-refractivity contribution in [2.75, 3.05) is 0 Å². The summed E-state index contributed by atoms with van der Waals surface area (Å²) in [6, 6.07) is 6.05. The lowest BCUT2D eigenvalue weighted by molar-refractivity contribution is 0.0692. The highest BCUT2D eigenvalue weighted by molar-refractivity contribution is 5.93. The standard InChI is InChI=1S/C15H16N4O2/c1-3-6-19-11-5-4-9(2)7-10(11)18-14(19)12-13(15(20)21)17-8-16-12/h4-5,7-8H,3,6H2,1-2H3,(H,16,17)(H,20,21). The van der Waals surface area contributed by atoms with Crippen LogP contribution >= 0.6 is 0 Å². The van der Waals surface area contributed by atoms with Gasteiger partial charge in [0.2, 0.25) is 0 Å². The molecule has 3 rings (SSSR count). The van der Waals surface area contributed by atoms with Crippen molar-refractivity contribution < 1.29 is 9.90 Å². The van der Waals surface area contributed by atoms with Crippen molar-refractivity contribution in [1.29, 1.82) is 0 Å². The molecule has 0 fully saturated rings. The summed E-state index contributed by atoms with van der Waals surface area (Å²) in [7, 11) is 0. The fraction of sp³-hybridized carbons (Fsp3) is 0.267. The van der Waals surface area contributed by atoms with Gasteiger partial charge in [0.1, 0.15) is 5.69 Å². The number of aromatic amines is 1. The van der Waals surface area contributed by atoms with Crippen molar-refractivity contribution in [2.24, 2.45) is 0 Å². The summed E-state index contributed by atoms with van der Waals surface area (Å²) in [6.07, 6.45) is 2.32. The normalized spacial score (nSPS) is 11.1. The van der Waals surface area contributed by atoms with E-state index in [1.54, 1.807) is 0 Å². The highest BCUT2D eigenvalue weighted by atomic mass is 16.4. The molecule has 0 atom stereocenters. The molecule has 0 radical (unpaired) electrons. The molecule has 6 nitrogen and oxygen atoms in total. The molecule has 108 valence electrons. The van der Waals surface area contributed by atoms with Gasteiger partial charge in [0.05, 0.1) is 17.4 Å². The van der Waals surface area contributed by atoms with Crippen molar-refractivity contribution in [3.05, 3.63) is 35.8 Å². The Morgan fingerprint density at radius 1 is 1.43 bits per heavy atom. The van der Waals surface area contributed by atoms with Crippen LogP contribution < -0.4 is 0 Å². The summed E-state index contributed by atoms with van der Waals surface area (Å²) in [4.78, 5) is 22.7. The molecule has 2 N–H and O–H groups in total. The van der Waals surface area contributed by atoms with E-state index in [0.29, 0.717) is 11.5 Å². The van der Waals surface area contributed by atoms with Gasteiger partial charge in [-0.05, 0) is 31.0 Å². The van der Waals surface area contributed by atoms with Crippen LogP contribution in [0.15, 0.2) is 24.5 Å². The molecule has 0 saturated carbocycles. The number of rotatable bonds is 4. The van der Waals surface area contributed by atoms with Crippen LogP contribution in [0.2, 0.25) is 0 Å². The summed E-state index contributed by atoms with van der Waals surface area (Å²) in [5.74, 6) is -0.440. The van der Waals surface area contributed by atoms with Gasteiger partial charge in [0, 0.05) is 6.54 Å². The Hall–Kier alpha value is -2.63. The molecular weight excluding hydrogens is 268 g/mol. The van der Waals surface area contributed by atoms with E-state index in [4.69, 9.17) is 0 Å². The zero-order chi connectivity index (χ0) is 15.0. The van der Waals surface area contributed by atoms with Crippen LogP contribution in [0.3, 0.4) is 0 Å². The van der Waals surface area contributed by atoms with Crippen LogP contribution in [0.4, 0.5) is 0 Å². The quantitative estimate of drug-likeness (QED) is 0.771. The lowest BCUT2D eigenvalue weighted by Gasteiger charge is -2.06. The lowest BCUT2D eigenvalue weighted by Crippen LogP contribution is -2.05. The molecule has 0 amide bonds. The number of aryl methyl sites for hydroxylation is 2. The van der Waals surface area contributed by atoms with E-state index in [1.165, 1.54) is 6.33 Å². The minimum atomic E-state index is -1.03. The third-order valence-corrected chi connectivity index (χ3v) is 3.42. The molecule has 0 aliphatic rings. The van der Waals surface area contributed by atoms with Crippen molar-refractivity contribution >= 4 is 17.0 Å². The third-order valence-electron chi connectivity index (χ3n) is 3.42. The van der Waals surface area contributed by atoms with Gasteiger partial charge in [-0.2, -0.15) is 0 Å². The molecule has 6 heteroatoms. The van der Waals surface area contributed by atoms with E-state index in [0.717, 1.165) is 29.6 Å². The number of carbonyl (C=O) groups is 1. The molecule has 1 aromatic carbocycles. The van der Waals surface area contributed by atoms with Gasteiger partial charge >= 0.3 is 5.97 Å². The first-order chi connectivity index (χ1) is 10.1. The molecule has 0 aliphatic heterocycles. The first-order valence-electron chi connectivity index (χ1n) is 6.85. The number of nitrogens with zero attached hydrogens (tertiary/aromatic N) is 3. The number of carboxylic acids is 1. The molecule has 0 spiro atoms. The molecule has 3 aromatic rings. The molecule has 0 saturated heterocycles. The number of aromatic carboxylic acids is 1. The number of fused-ring (bicyclic) bond motifs is 1. The number of imidazole rings is 2. The number of benzene rings is 1. The van der Waals surface area contributed by atoms with E-state index < -0.39 is 5.97 Å². The highest BCUT2D eigenvalue weighted by Gasteiger charge is 2.21. The monoisotopic (exact) mass is 284 g/mol. The number of H-pyrrole nitrogens is 1. The Bertz CT molecular complexity index is 816. The predicted molar refractivity (Wildman–Crippen MR) is 79.3 cm³/mol. The summed E-state index contributed by atoms with van der Waals surface area (Å²) >= 11 is 0. The Balaban J connectivity index is 2.28. The van der Waals surface area contributed by atoms with Gasteiger partial charge < -0.3 is 14.7 Å². The third kappa shape index (κ3) is 2.18. The van der Waals surface area contributed by atoms with Crippen molar-refractivity contribution in [2.45, 2.75) is 26.8 Å². The fourth-order valence-electron chi connectivity index (χ4n) is 2.50. The van der Waals surface area contributed by atoms with Crippen LogP contribution in [0, 0.1) is 6.92 Å². The molecule has 0 unspecified atom stereocenters. The topological polar surface area (TPSA) is 83.8 Å². The minimum absolute atomic E-state index is 0.0689. The number of aromatic nitrogens is 4. The Morgan fingerprint density at radius 3 is 2.95 bits per heavy atom. The van der Waals surface area contributed by atoms with Gasteiger partial charge in [-0.3, -0.25) is 0 Å². The van der Waals surface area contributed by atoms with Gasteiger partial charge in [-0.15, -0.1) is 0 Å². The maximum absolute atomic E-state index is 11.3. The fourth-order valence-corrected chi connectivity index (χ4v) is 2.50. The SMILES string of the molecule is CCCn1c(-c2nc[nH]c2C(=O)O)nc2cc(C)ccc21. The summed E-state index contributed by atoms with van der Waals surface area (Å²) in [6.45, 7) is 4.85. The molecule has 2 aromatic heterocycles. The van der Waals surface area contributed by atoms with Gasteiger partial charge in [0.15, 0.2) is 11.5 Å². The number of carboxylic acid groups (broad SMARTS) is 1. The Kier molecular flexibility index (Phi) is 3.21. The van der Waals surface area contributed by atoms with E-state index >= 15 is 0 Å². The average Bonchev–Trinajstić information content (AvgIpc) is 3.03. The lowest BCUT2D eigenvalue weighted by atomic mass is 10.2.